The molecule has 2 bridgehead atoms. The molecule has 98 valence electrons. The first-order valence-electron chi connectivity index (χ1n) is 6.63. The molecule has 2 unspecified atom stereocenters. The van der Waals surface area contributed by atoms with Crippen molar-refractivity contribution >= 4 is 11.6 Å². The van der Waals surface area contributed by atoms with E-state index in [0.717, 1.165) is 35.8 Å². The quantitative estimate of drug-likeness (QED) is 0.883. The van der Waals surface area contributed by atoms with Crippen LogP contribution in [0.1, 0.15) is 17.2 Å². The molecule has 1 aromatic carbocycles. The van der Waals surface area contributed by atoms with Crippen molar-refractivity contribution < 1.29 is 0 Å². The van der Waals surface area contributed by atoms with E-state index in [4.69, 9.17) is 17.3 Å². The molecule has 3 saturated heterocycles. The molecule has 3 aliphatic rings. The lowest BCUT2D eigenvalue weighted by molar-refractivity contribution is 0.00214. The standard InChI is InChI=1S/C14H20ClN3/c1-10-2-3-11(8-12(10)15)14(16)13-9-17-4-6-18(13)7-5-17/h2-3,8,13-14H,4-7,9,16H2,1H3. The number of hydrogen-bond donors (Lipinski definition) is 1. The van der Waals surface area contributed by atoms with Gasteiger partial charge in [0.25, 0.3) is 0 Å². The van der Waals surface area contributed by atoms with Gasteiger partial charge in [0.15, 0.2) is 0 Å². The third-order valence-electron chi connectivity index (χ3n) is 4.32. The number of rotatable bonds is 2. The molecule has 4 heteroatoms. The molecule has 3 fully saturated rings. The molecule has 2 N–H and O–H groups in total. The molecule has 3 aliphatic heterocycles. The van der Waals surface area contributed by atoms with Gasteiger partial charge in [0, 0.05) is 49.8 Å². The van der Waals surface area contributed by atoms with Crippen LogP contribution in [0.25, 0.3) is 0 Å². The molecule has 0 spiro atoms. The number of fused-ring (bicyclic) bond motifs is 3. The van der Waals surface area contributed by atoms with Crippen LogP contribution >= 0.6 is 11.6 Å². The molecule has 4 rings (SSSR count). The third kappa shape index (κ3) is 2.16. The number of aryl methyl sites for hydroxylation is 1. The summed E-state index contributed by atoms with van der Waals surface area (Å²) in [5.74, 6) is 0. The smallest absolute Gasteiger partial charge is 0.0466 e. The Hall–Kier alpha value is -0.610. The first-order valence-corrected chi connectivity index (χ1v) is 7.01. The fraction of sp³-hybridized carbons (Fsp3) is 0.571. The highest BCUT2D eigenvalue weighted by atomic mass is 35.5. The van der Waals surface area contributed by atoms with Crippen molar-refractivity contribution in [2.24, 2.45) is 5.73 Å². The van der Waals surface area contributed by atoms with E-state index >= 15 is 0 Å². The van der Waals surface area contributed by atoms with E-state index in [1.807, 2.05) is 13.0 Å². The van der Waals surface area contributed by atoms with E-state index in [0.29, 0.717) is 6.04 Å². The number of halogens is 1. The van der Waals surface area contributed by atoms with Gasteiger partial charge >= 0.3 is 0 Å². The van der Waals surface area contributed by atoms with Crippen LogP contribution in [0.5, 0.6) is 0 Å². The topological polar surface area (TPSA) is 32.5 Å². The van der Waals surface area contributed by atoms with Crippen molar-refractivity contribution in [3.8, 4) is 0 Å². The van der Waals surface area contributed by atoms with Gasteiger partial charge in [0.2, 0.25) is 0 Å². The van der Waals surface area contributed by atoms with Crippen LogP contribution in [0.2, 0.25) is 5.02 Å². The van der Waals surface area contributed by atoms with Crippen molar-refractivity contribution in [3.63, 3.8) is 0 Å². The van der Waals surface area contributed by atoms with E-state index < -0.39 is 0 Å². The van der Waals surface area contributed by atoms with Gasteiger partial charge in [-0.3, -0.25) is 9.80 Å². The van der Waals surface area contributed by atoms with Crippen LogP contribution in [-0.2, 0) is 0 Å². The minimum atomic E-state index is 0.0613. The third-order valence-corrected chi connectivity index (χ3v) is 4.72. The Morgan fingerprint density at radius 1 is 1.28 bits per heavy atom. The molecule has 18 heavy (non-hydrogen) atoms. The molecule has 0 amide bonds. The monoisotopic (exact) mass is 265 g/mol. The Balaban J connectivity index is 1.81. The average Bonchev–Trinajstić information content (AvgIpc) is 2.42. The van der Waals surface area contributed by atoms with Crippen LogP contribution in [-0.4, -0.2) is 48.6 Å². The second-order valence-electron chi connectivity index (χ2n) is 5.44. The summed E-state index contributed by atoms with van der Waals surface area (Å²) in [7, 11) is 0. The number of hydrogen-bond acceptors (Lipinski definition) is 3. The Labute approximate surface area is 114 Å². The Bertz CT molecular complexity index is 441. The van der Waals surface area contributed by atoms with E-state index in [1.54, 1.807) is 0 Å². The summed E-state index contributed by atoms with van der Waals surface area (Å²) in [5, 5.41) is 0.819. The van der Waals surface area contributed by atoms with Crippen molar-refractivity contribution in [1.82, 2.24) is 9.80 Å². The van der Waals surface area contributed by atoms with Crippen molar-refractivity contribution in [1.29, 1.82) is 0 Å². The molecular weight excluding hydrogens is 246 g/mol. The predicted molar refractivity (Wildman–Crippen MR) is 74.9 cm³/mol. The number of nitrogens with zero attached hydrogens (tertiary/aromatic N) is 2. The zero-order chi connectivity index (χ0) is 12.7. The highest BCUT2D eigenvalue weighted by Gasteiger charge is 2.35. The molecule has 2 atom stereocenters. The van der Waals surface area contributed by atoms with Crippen LogP contribution in [0, 0.1) is 6.92 Å². The Morgan fingerprint density at radius 2 is 2.00 bits per heavy atom. The maximum atomic E-state index is 6.45. The van der Waals surface area contributed by atoms with Gasteiger partial charge < -0.3 is 5.73 Å². The highest BCUT2D eigenvalue weighted by Crippen LogP contribution is 2.27. The van der Waals surface area contributed by atoms with Crippen LogP contribution < -0.4 is 5.73 Å². The van der Waals surface area contributed by atoms with E-state index in [1.165, 1.54) is 13.1 Å². The van der Waals surface area contributed by atoms with Crippen LogP contribution in [0.4, 0.5) is 0 Å². The molecule has 0 saturated carbocycles. The lowest BCUT2D eigenvalue weighted by Crippen LogP contribution is -2.63. The summed E-state index contributed by atoms with van der Waals surface area (Å²) < 4.78 is 0. The largest absolute Gasteiger partial charge is 0.323 e. The molecule has 0 radical (unpaired) electrons. The van der Waals surface area contributed by atoms with Gasteiger partial charge in [-0.25, -0.2) is 0 Å². The number of piperazine rings is 3. The fourth-order valence-electron chi connectivity index (χ4n) is 3.04. The van der Waals surface area contributed by atoms with Gasteiger partial charge in [0.05, 0.1) is 0 Å². The summed E-state index contributed by atoms with van der Waals surface area (Å²) >= 11 is 6.20. The number of benzene rings is 1. The van der Waals surface area contributed by atoms with Gasteiger partial charge in [-0.1, -0.05) is 23.7 Å². The molecule has 3 nitrogen and oxygen atoms in total. The second kappa shape index (κ2) is 4.82. The molecule has 0 aromatic heterocycles. The Morgan fingerprint density at radius 3 is 2.56 bits per heavy atom. The van der Waals surface area contributed by atoms with Crippen molar-refractivity contribution in [2.75, 3.05) is 32.7 Å². The highest BCUT2D eigenvalue weighted by molar-refractivity contribution is 6.31. The summed E-state index contributed by atoms with van der Waals surface area (Å²) in [5.41, 5.74) is 8.72. The molecule has 1 aromatic rings. The SMILES string of the molecule is Cc1ccc(C(N)C2CN3CCN2CC3)cc1Cl. The first-order chi connectivity index (χ1) is 8.65. The number of nitrogens with two attached hydrogens (primary N) is 1. The van der Waals surface area contributed by atoms with Crippen LogP contribution in [0.3, 0.4) is 0 Å². The van der Waals surface area contributed by atoms with Gasteiger partial charge in [-0.05, 0) is 24.1 Å². The maximum absolute atomic E-state index is 6.45. The zero-order valence-electron chi connectivity index (χ0n) is 10.8. The molecular formula is C14H20ClN3. The summed E-state index contributed by atoms with van der Waals surface area (Å²) in [6, 6.07) is 6.71. The van der Waals surface area contributed by atoms with Crippen LogP contribution in [0.15, 0.2) is 18.2 Å². The van der Waals surface area contributed by atoms with E-state index in [-0.39, 0.29) is 6.04 Å². The van der Waals surface area contributed by atoms with Gasteiger partial charge in [0.1, 0.15) is 0 Å². The van der Waals surface area contributed by atoms with Gasteiger partial charge in [-0.2, -0.15) is 0 Å². The minimum absolute atomic E-state index is 0.0613. The first kappa shape index (κ1) is 12.4. The Kier molecular flexibility index (Phi) is 3.32. The minimum Gasteiger partial charge on any atom is -0.323 e. The second-order valence-corrected chi connectivity index (χ2v) is 5.85. The normalized spacial score (nSPS) is 32.5. The fourth-order valence-corrected chi connectivity index (χ4v) is 3.23. The lowest BCUT2D eigenvalue weighted by atomic mass is 9.94. The zero-order valence-corrected chi connectivity index (χ0v) is 11.5. The average molecular weight is 266 g/mol. The molecule has 0 aliphatic carbocycles. The van der Waals surface area contributed by atoms with Crippen molar-refractivity contribution in [2.45, 2.75) is 19.0 Å². The predicted octanol–water partition coefficient (Wildman–Crippen LogP) is 1.65. The summed E-state index contributed by atoms with van der Waals surface area (Å²) in [6.07, 6.45) is 0. The molecule has 3 heterocycles. The maximum Gasteiger partial charge on any atom is 0.0466 e. The summed E-state index contributed by atoms with van der Waals surface area (Å²) in [4.78, 5) is 5.04. The lowest BCUT2D eigenvalue weighted by Gasteiger charge is -2.49. The van der Waals surface area contributed by atoms with Crippen molar-refractivity contribution in [3.05, 3.63) is 34.3 Å². The summed E-state index contributed by atoms with van der Waals surface area (Å²) in [6.45, 7) is 7.80. The van der Waals surface area contributed by atoms with E-state index in [2.05, 4.69) is 21.9 Å². The van der Waals surface area contributed by atoms with Gasteiger partial charge in [-0.15, -0.1) is 0 Å². The van der Waals surface area contributed by atoms with E-state index in [9.17, 15) is 0 Å².